The van der Waals surface area contributed by atoms with Gasteiger partial charge in [-0.3, -0.25) is 5.41 Å². The molecule has 15 heavy (non-hydrogen) atoms. The molecule has 0 spiro atoms. The van der Waals surface area contributed by atoms with Gasteiger partial charge in [-0.05, 0) is 30.0 Å². The van der Waals surface area contributed by atoms with Crippen LogP contribution in [0.3, 0.4) is 0 Å². The summed E-state index contributed by atoms with van der Waals surface area (Å²) in [5.74, 6) is 1.09. The zero-order valence-corrected chi connectivity index (χ0v) is 9.25. The Hall–Kier alpha value is -1.51. The van der Waals surface area contributed by atoms with Crippen LogP contribution < -0.4 is 5.73 Å². The maximum Gasteiger partial charge on any atom is 0.128 e. The highest BCUT2D eigenvalue weighted by Gasteiger charge is 2.21. The fourth-order valence-corrected chi connectivity index (χ4v) is 2.07. The van der Waals surface area contributed by atoms with E-state index in [1.165, 1.54) is 5.56 Å². The summed E-state index contributed by atoms with van der Waals surface area (Å²) in [7, 11) is 1.97. The normalized spacial score (nSPS) is 21.1. The Morgan fingerprint density at radius 2 is 2.20 bits per heavy atom. The average Bonchev–Trinajstić information content (AvgIpc) is 2.32. The second kappa shape index (κ2) is 3.57. The molecule has 3 heteroatoms. The molecule has 0 saturated heterocycles. The van der Waals surface area contributed by atoms with Crippen LogP contribution in [0.25, 0.3) is 0 Å². The lowest BCUT2D eigenvalue weighted by atomic mass is 9.94. The number of nitrogens with one attached hydrogen (secondary N) is 1. The van der Waals surface area contributed by atoms with Gasteiger partial charge in [-0.25, -0.2) is 0 Å². The molecule has 1 aliphatic rings. The van der Waals surface area contributed by atoms with Gasteiger partial charge in [-0.2, -0.15) is 0 Å². The van der Waals surface area contributed by atoms with E-state index in [1.54, 1.807) is 0 Å². The van der Waals surface area contributed by atoms with Crippen LogP contribution in [0, 0.1) is 5.41 Å². The van der Waals surface area contributed by atoms with Crippen LogP contribution in [-0.2, 0) is 0 Å². The summed E-state index contributed by atoms with van der Waals surface area (Å²) in [6.07, 6.45) is 1.09. The van der Waals surface area contributed by atoms with E-state index < -0.39 is 0 Å². The lowest BCUT2D eigenvalue weighted by Crippen LogP contribution is -2.26. The summed E-state index contributed by atoms with van der Waals surface area (Å²) < 4.78 is 0. The molecule has 0 bridgehead atoms. The first-order chi connectivity index (χ1) is 7.09. The van der Waals surface area contributed by atoms with Crippen molar-refractivity contribution < 1.29 is 0 Å². The van der Waals surface area contributed by atoms with Gasteiger partial charge in [0.2, 0.25) is 0 Å². The molecule has 0 amide bonds. The summed E-state index contributed by atoms with van der Waals surface area (Å²) >= 11 is 0. The van der Waals surface area contributed by atoms with Crippen LogP contribution in [0.1, 0.15) is 30.4 Å². The Morgan fingerprint density at radius 3 is 2.93 bits per heavy atom. The minimum absolute atomic E-state index is 0.505. The van der Waals surface area contributed by atoms with Crippen molar-refractivity contribution in [3.63, 3.8) is 0 Å². The number of benzene rings is 1. The van der Waals surface area contributed by atoms with E-state index in [0.29, 0.717) is 11.8 Å². The first-order valence-electron chi connectivity index (χ1n) is 5.29. The number of anilines is 1. The minimum atomic E-state index is 0.505. The second-order valence-electron chi connectivity index (χ2n) is 4.31. The number of hydrogen-bond acceptors (Lipinski definition) is 2. The highest BCUT2D eigenvalue weighted by atomic mass is 15.1. The molecule has 80 valence electrons. The molecule has 1 aliphatic heterocycles. The van der Waals surface area contributed by atoms with Crippen molar-refractivity contribution in [3.8, 4) is 0 Å². The van der Waals surface area contributed by atoms with E-state index in [2.05, 4.69) is 13.0 Å². The number of nitrogens with zero attached hydrogens (tertiary/aromatic N) is 1. The summed E-state index contributed by atoms with van der Waals surface area (Å²) in [4.78, 5) is 1.99. The average molecular weight is 203 g/mol. The van der Waals surface area contributed by atoms with Crippen molar-refractivity contribution >= 4 is 11.5 Å². The maximum absolute atomic E-state index is 8.07. The van der Waals surface area contributed by atoms with Gasteiger partial charge in [0.1, 0.15) is 5.84 Å². The van der Waals surface area contributed by atoms with E-state index in [9.17, 15) is 0 Å². The molecule has 1 aromatic rings. The third-order valence-electron chi connectivity index (χ3n) is 3.14. The first-order valence-corrected chi connectivity index (χ1v) is 5.29. The maximum atomic E-state index is 8.07. The molecule has 0 saturated carbocycles. The van der Waals surface area contributed by atoms with Gasteiger partial charge in [0.15, 0.2) is 0 Å². The quantitative estimate of drug-likeness (QED) is 0.634. The number of nitrogens with two attached hydrogens (primary N) is 1. The van der Waals surface area contributed by atoms with E-state index in [4.69, 9.17) is 11.1 Å². The first kappa shape index (κ1) is 10.0. The number of nitrogen functional groups attached to an aromatic ring is 1. The molecule has 3 N–H and O–H groups in total. The van der Waals surface area contributed by atoms with Crippen LogP contribution in [0.15, 0.2) is 18.2 Å². The van der Waals surface area contributed by atoms with Crippen LogP contribution in [0.5, 0.6) is 0 Å². The predicted molar refractivity (Wildman–Crippen MR) is 63.3 cm³/mol. The molecule has 1 atom stereocenters. The molecule has 1 aromatic carbocycles. The van der Waals surface area contributed by atoms with Gasteiger partial charge < -0.3 is 10.6 Å². The highest BCUT2D eigenvalue weighted by Crippen LogP contribution is 2.28. The van der Waals surface area contributed by atoms with Crippen LogP contribution in [0.4, 0.5) is 5.69 Å². The van der Waals surface area contributed by atoms with Crippen molar-refractivity contribution in [1.29, 1.82) is 5.41 Å². The van der Waals surface area contributed by atoms with Gasteiger partial charge in [-0.15, -0.1) is 0 Å². The van der Waals surface area contributed by atoms with Crippen molar-refractivity contribution in [2.24, 2.45) is 0 Å². The molecular formula is C12H17N3. The number of amidine groups is 1. The Morgan fingerprint density at radius 1 is 1.47 bits per heavy atom. The van der Waals surface area contributed by atoms with Crippen molar-refractivity contribution in [3.05, 3.63) is 29.3 Å². The topological polar surface area (TPSA) is 53.1 Å². The third-order valence-corrected chi connectivity index (χ3v) is 3.14. The lowest BCUT2D eigenvalue weighted by molar-refractivity contribution is 0.474. The minimum Gasteiger partial charge on any atom is -0.399 e. The van der Waals surface area contributed by atoms with E-state index in [1.807, 2.05) is 24.1 Å². The molecule has 0 aliphatic carbocycles. The standard InChI is InChI=1S/C12H17N3/c1-8-5-6-15(2)12(14)11-7-9(13)3-4-10(8)11/h3-4,7-8,14H,5-6,13H2,1-2H3. The summed E-state index contributed by atoms with van der Waals surface area (Å²) in [6.45, 7) is 3.15. The SMILES string of the molecule is CC1CCN(C)C(=N)c2cc(N)ccc21. The fraction of sp³-hybridized carbons (Fsp3) is 0.417. The Labute approximate surface area is 90.4 Å². The molecule has 1 heterocycles. The summed E-state index contributed by atoms with van der Waals surface area (Å²) in [5, 5.41) is 8.07. The van der Waals surface area contributed by atoms with Crippen molar-refractivity contribution in [2.45, 2.75) is 19.3 Å². The predicted octanol–water partition coefficient (Wildman–Crippen LogP) is 2.03. The smallest absolute Gasteiger partial charge is 0.128 e. The van der Waals surface area contributed by atoms with Gasteiger partial charge in [0.05, 0.1) is 0 Å². The van der Waals surface area contributed by atoms with Crippen molar-refractivity contribution in [2.75, 3.05) is 19.3 Å². The van der Waals surface area contributed by atoms with Crippen LogP contribution in [0.2, 0.25) is 0 Å². The zero-order chi connectivity index (χ0) is 11.0. The summed E-state index contributed by atoms with van der Waals surface area (Å²) in [5.41, 5.74) is 8.74. The molecule has 1 unspecified atom stereocenters. The molecule has 2 rings (SSSR count). The molecule has 0 radical (unpaired) electrons. The molecule has 0 aromatic heterocycles. The monoisotopic (exact) mass is 203 g/mol. The molecule has 0 fully saturated rings. The van der Waals surface area contributed by atoms with Gasteiger partial charge >= 0.3 is 0 Å². The largest absolute Gasteiger partial charge is 0.399 e. The van der Waals surface area contributed by atoms with Crippen molar-refractivity contribution in [1.82, 2.24) is 4.90 Å². The van der Waals surface area contributed by atoms with Crippen LogP contribution in [-0.4, -0.2) is 24.3 Å². The second-order valence-corrected chi connectivity index (χ2v) is 4.31. The molecular weight excluding hydrogens is 186 g/mol. The Bertz CT molecular complexity index is 398. The Balaban J connectivity index is 2.55. The highest BCUT2D eigenvalue weighted by molar-refractivity contribution is 5.98. The fourth-order valence-electron chi connectivity index (χ4n) is 2.07. The number of rotatable bonds is 0. The number of hydrogen-bond donors (Lipinski definition) is 2. The third kappa shape index (κ3) is 1.69. The van der Waals surface area contributed by atoms with Gasteiger partial charge in [0.25, 0.3) is 0 Å². The van der Waals surface area contributed by atoms with E-state index in [0.717, 1.165) is 24.2 Å². The van der Waals surface area contributed by atoms with Crippen LogP contribution >= 0.6 is 0 Å². The van der Waals surface area contributed by atoms with Gasteiger partial charge in [0, 0.05) is 24.8 Å². The van der Waals surface area contributed by atoms with E-state index in [-0.39, 0.29) is 0 Å². The van der Waals surface area contributed by atoms with Gasteiger partial charge in [-0.1, -0.05) is 13.0 Å². The summed E-state index contributed by atoms with van der Waals surface area (Å²) in [6, 6.07) is 5.90. The van der Waals surface area contributed by atoms with E-state index >= 15 is 0 Å². The number of fused-ring (bicyclic) bond motifs is 1. The zero-order valence-electron chi connectivity index (χ0n) is 9.25. The molecule has 3 nitrogen and oxygen atoms in total. The Kier molecular flexibility index (Phi) is 2.39. The lowest BCUT2D eigenvalue weighted by Gasteiger charge is -2.17.